The largest absolute Gasteiger partial charge is 0.347 e. The Morgan fingerprint density at radius 3 is 2.84 bits per heavy atom. The van der Waals surface area contributed by atoms with E-state index in [-0.39, 0.29) is 22.9 Å². The van der Waals surface area contributed by atoms with Crippen molar-refractivity contribution in [2.45, 2.75) is 18.9 Å². The first-order valence-electron chi connectivity index (χ1n) is 5.98. The molecule has 1 fully saturated rings. The number of hydrogen-bond donors (Lipinski definition) is 1. The van der Waals surface area contributed by atoms with Gasteiger partial charge >= 0.3 is 0 Å². The number of carbonyl (C=O) groups excluding carboxylic acids is 2. The summed E-state index contributed by atoms with van der Waals surface area (Å²) < 4.78 is 0. The molecule has 0 aliphatic carbocycles. The van der Waals surface area contributed by atoms with E-state index in [1.807, 2.05) is 0 Å². The molecule has 4 nitrogen and oxygen atoms in total. The van der Waals surface area contributed by atoms with Crippen molar-refractivity contribution in [3.8, 4) is 0 Å². The Kier molecular flexibility index (Phi) is 4.32. The SMILES string of the molecule is CN1C[C@@H](NC(=O)c2cccc(Cl)c2Cl)CCC1=O. The average molecular weight is 301 g/mol. The highest BCUT2D eigenvalue weighted by Crippen LogP contribution is 2.25. The molecule has 1 N–H and O–H groups in total. The Morgan fingerprint density at radius 1 is 1.42 bits per heavy atom. The zero-order valence-electron chi connectivity index (χ0n) is 10.5. The van der Waals surface area contributed by atoms with E-state index in [1.165, 1.54) is 0 Å². The summed E-state index contributed by atoms with van der Waals surface area (Å²) >= 11 is 11.9. The lowest BCUT2D eigenvalue weighted by molar-refractivity contribution is -0.132. The minimum atomic E-state index is -0.264. The third-order valence-corrected chi connectivity index (χ3v) is 3.98. The van der Waals surface area contributed by atoms with Crippen LogP contribution in [0.5, 0.6) is 0 Å². The van der Waals surface area contributed by atoms with Crippen LogP contribution in [0.4, 0.5) is 0 Å². The van der Waals surface area contributed by atoms with Gasteiger partial charge in [-0.1, -0.05) is 29.3 Å². The molecule has 1 aromatic rings. The first-order valence-corrected chi connectivity index (χ1v) is 6.73. The third kappa shape index (κ3) is 3.19. The first kappa shape index (κ1) is 14.2. The number of rotatable bonds is 2. The summed E-state index contributed by atoms with van der Waals surface area (Å²) in [5, 5.41) is 3.48. The molecule has 0 spiro atoms. The second-order valence-electron chi connectivity index (χ2n) is 4.58. The van der Waals surface area contributed by atoms with E-state index in [0.717, 1.165) is 0 Å². The maximum atomic E-state index is 12.1. The van der Waals surface area contributed by atoms with Crippen LogP contribution >= 0.6 is 23.2 Å². The molecule has 19 heavy (non-hydrogen) atoms. The fourth-order valence-corrected chi connectivity index (χ4v) is 2.46. The van der Waals surface area contributed by atoms with Gasteiger partial charge in [0.15, 0.2) is 0 Å². The van der Waals surface area contributed by atoms with Crippen LogP contribution in [0.15, 0.2) is 18.2 Å². The lowest BCUT2D eigenvalue weighted by Crippen LogP contribution is -2.48. The second-order valence-corrected chi connectivity index (χ2v) is 5.37. The predicted molar refractivity (Wildman–Crippen MR) is 74.6 cm³/mol. The van der Waals surface area contributed by atoms with Gasteiger partial charge in [0.25, 0.3) is 5.91 Å². The van der Waals surface area contributed by atoms with Gasteiger partial charge < -0.3 is 10.2 Å². The Balaban J connectivity index is 2.05. The van der Waals surface area contributed by atoms with E-state index >= 15 is 0 Å². The molecule has 0 radical (unpaired) electrons. The van der Waals surface area contributed by atoms with E-state index in [9.17, 15) is 9.59 Å². The summed E-state index contributed by atoms with van der Waals surface area (Å²) in [6.07, 6.45) is 1.10. The Hall–Kier alpha value is -1.26. The van der Waals surface area contributed by atoms with Gasteiger partial charge in [0.1, 0.15) is 0 Å². The molecule has 1 saturated heterocycles. The molecule has 6 heteroatoms. The lowest BCUT2D eigenvalue weighted by atomic mass is 10.1. The van der Waals surface area contributed by atoms with Gasteiger partial charge in [0.05, 0.1) is 15.6 Å². The number of benzene rings is 1. The van der Waals surface area contributed by atoms with Crippen molar-refractivity contribution >= 4 is 35.0 Å². The Morgan fingerprint density at radius 2 is 2.16 bits per heavy atom. The predicted octanol–water partition coefficient (Wildman–Crippen LogP) is 2.34. The van der Waals surface area contributed by atoms with Gasteiger partial charge in [0.2, 0.25) is 5.91 Å². The number of amides is 2. The van der Waals surface area contributed by atoms with Crippen molar-refractivity contribution in [2.24, 2.45) is 0 Å². The molecular formula is C13H14Cl2N2O2. The maximum Gasteiger partial charge on any atom is 0.253 e. The summed E-state index contributed by atoms with van der Waals surface area (Å²) in [6, 6.07) is 4.89. The number of halogens is 2. The van der Waals surface area contributed by atoms with Crippen LogP contribution in [-0.2, 0) is 4.79 Å². The van der Waals surface area contributed by atoms with Crippen molar-refractivity contribution in [1.82, 2.24) is 10.2 Å². The van der Waals surface area contributed by atoms with Crippen molar-refractivity contribution in [3.63, 3.8) is 0 Å². The minimum Gasteiger partial charge on any atom is -0.347 e. The maximum absolute atomic E-state index is 12.1. The van der Waals surface area contributed by atoms with Crippen LogP contribution in [0.2, 0.25) is 10.0 Å². The molecule has 0 aromatic heterocycles. The zero-order valence-corrected chi connectivity index (χ0v) is 12.0. The summed E-state index contributed by atoms with van der Waals surface area (Å²) in [7, 11) is 1.73. The Labute approximate surface area is 121 Å². The monoisotopic (exact) mass is 300 g/mol. The number of piperidine rings is 1. The first-order chi connectivity index (χ1) is 8.99. The highest BCUT2D eigenvalue weighted by atomic mass is 35.5. The number of carbonyl (C=O) groups is 2. The summed E-state index contributed by atoms with van der Waals surface area (Å²) in [5.41, 5.74) is 0.355. The van der Waals surface area contributed by atoms with Gasteiger partial charge in [-0.15, -0.1) is 0 Å². The van der Waals surface area contributed by atoms with Crippen molar-refractivity contribution in [1.29, 1.82) is 0 Å². The van der Waals surface area contributed by atoms with Crippen LogP contribution in [0.25, 0.3) is 0 Å². The van der Waals surface area contributed by atoms with Gasteiger partial charge in [-0.05, 0) is 18.6 Å². The molecule has 0 bridgehead atoms. The average Bonchev–Trinajstić information content (AvgIpc) is 2.37. The number of nitrogens with zero attached hydrogens (tertiary/aromatic N) is 1. The second kappa shape index (κ2) is 5.80. The molecular weight excluding hydrogens is 287 g/mol. The van der Waals surface area contributed by atoms with Crippen LogP contribution in [-0.4, -0.2) is 36.3 Å². The minimum absolute atomic E-state index is 0.0507. The smallest absolute Gasteiger partial charge is 0.253 e. The molecule has 1 aliphatic heterocycles. The lowest BCUT2D eigenvalue weighted by Gasteiger charge is -2.30. The number of hydrogen-bond acceptors (Lipinski definition) is 2. The fraction of sp³-hybridized carbons (Fsp3) is 0.385. The van der Waals surface area contributed by atoms with E-state index in [2.05, 4.69) is 5.32 Å². The number of likely N-dealkylation sites (tertiary alicyclic amines) is 1. The standard InChI is InChI=1S/C13H14Cl2N2O2/c1-17-7-8(5-6-11(17)18)16-13(19)9-3-2-4-10(14)12(9)15/h2-4,8H,5-7H2,1H3,(H,16,19)/t8-/m0/s1. The van der Waals surface area contributed by atoms with Gasteiger partial charge in [-0.2, -0.15) is 0 Å². The van der Waals surface area contributed by atoms with Crippen LogP contribution < -0.4 is 5.32 Å². The van der Waals surface area contributed by atoms with E-state index in [4.69, 9.17) is 23.2 Å². The molecule has 0 saturated carbocycles. The van der Waals surface area contributed by atoms with Crippen molar-refractivity contribution in [3.05, 3.63) is 33.8 Å². The van der Waals surface area contributed by atoms with E-state index < -0.39 is 0 Å². The molecule has 1 heterocycles. The third-order valence-electron chi connectivity index (χ3n) is 3.16. The van der Waals surface area contributed by atoms with E-state index in [1.54, 1.807) is 30.1 Å². The molecule has 2 rings (SSSR count). The molecule has 1 aromatic carbocycles. The van der Waals surface area contributed by atoms with Gasteiger partial charge in [0, 0.05) is 26.1 Å². The van der Waals surface area contributed by atoms with Crippen LogP contribution in [0, 0.1) is 0 Å². The highest BCUT2D eigenvalue weighted by molar-refractivity contribution is 6.43. The molecule has 2 amide bonds. The summed E-state index contributed by atoms with van der Waals surface area (Å²) in [5.74, 6) is -0.161. The molecule has 1 atom stereocenters. The number of likely N-dealkylation sites (N-methyl/N-ethyl adjacent to an activating group) is 1. The number of nitrogens with one attached hydrogen (secondary N) is 1. The van der Waals surface area contributed by atoms with Crippen LogP contribution in [0.1, 0.15) is 23.2 Å². The topological polar surface area (TPSA) is 49.4 Å². The van der Waals surface area contributed by atoms with E-state index in [0.29, 0.717) is 30.0 Å². The van der Waals surface area contributed by atoms with Gasteiger partial charge in [-0.3, -0.25) is 9.59 Å². The quantitative estimate of drug-likeness (QED) is 0.911. The fourth-order valence-electron chi connectivity index (χ4n) is 2.07. The molecule has 0 unspecified atom stereocenters. The van der Waals surface area contributed by atoms with Gasteiger partial charge in [-0.25, -0.2) is 0 Å². The molecule has 1 aliphatic rings. The van der Waals surface area contributed by atoms with Crippen molar-refractivity contribution in [2.75, 3.05) is 13.6 Å². The zero-order chi connectivity index (χ0) is 14.0. The normalized spacial score (nSPS) is 19.4. The summed E-state index contributed by atoms with van der Waals surface area (Å²) in [6.45, 7) is 0.517. The van der Waals surface area contributed by atoms with Crippen LogP contribution in [0.3, 0.4) is 0 Å². The van der Waals surface area contributed by atoms with Crippen molar-refractivity contribution < 1.29 is 9.59 Å². The Bertz CT molecular complexity index is 519. The highest BCUT2D eigenvalue weighted by Gasteiger charge is 2.25. The molecule has 102 valence electrons. The summed E-state index contributed by atoms with van der Waals surface area (Å²) in [4.78, 5) is 25.1.